The second kappa shape index (κ2) is 9.48. The van der Waals surface area contributed by atoms with Gasteiger partial charge in [0.05, 0.1) is 12.2 Å². The van der Waals surface area contributed by atoms with Crippen molar-refractivity contribution in [3.05, 3.63) is 53.7 Å². The maximum absolute atomic E-state index is 14.4. The van der Waals surface area contributed by atoms with Gasteiger partial charge >= 0.3 is 6.03 Å². The molecule has 0 spiro atoms. The van der Waals surface area contributed by atoms with E-state index in [1.54, 1.807) is 15.6 Å². The van der Waals surface area contributed by atoms with Crippen molar-refractivity contribution in [2.24, 2.45) is 0 Å². The van der Waals surface area contributed by atoms with Crippen molar-refractivity contribution in [2.75, 3.05) is 36.4 Å². The van der Waals surface area contributed by atoms with Crippen LogP contribution >= 0.6 is 12.4 Å². The number of hydrogen-bond acceptors (Lipinski definition) is 5. The van der Waals surface area contributed by atoms with Crippen LogP contribution in [0, 0.1) is 11.6 Å². The average molecular weight is 478 g/mol. The lowest BCUT2D eigenvalue weighted by Crippen LogP contribution is -2.52. The van der Waals surface area contributed by atoms with Crippen molar-refractivity contribution in [3.8, 4) is 0 Å². The second-order valence-corrected chi connectivity index (χ2v) is 8.35. The summed E-state index contributed by atoms with van der Waals surface area (Å²) in [5.74, 6) is 0.197. The first-order valence-electron chi connectivity index (χ1n) is 10.9. The van der Waals surface area contributed by atoms with E-state index in [9.17, 15) is 13.6 Å². The van der Waals surface area contributed by atoms with E-state index < -0.39 is 11.6 Å². The highest BCUT2D eigenvalue weighted by molar-refractivity contribution is 5.89. The quantitative estimate of drug-likeness (QED) is 0.602. The number of imidazole rings is 1. The van der Waals surface area contributed by atoms with Crippen LogP contribution in [-0.4, -0.2) is 57.7 Å². The van der Waals surface area contributed by atoms with Gasteiger partial charge in [-0.2, -0.15) is 4.52 Å². The van der Waals surface area contributed by atoms with E-state index in [4.69, 9.17) is 0 Å². The van der Waals surface area contributed by atoms with Gasteiger partial charge in [-0.25, -0.2) is 18.6 Å². The average Bonchev–Trinajstić information content (AvgIpc) is 3.42. The molecule has 2 aliphatic rings. The highest BCUT2D eigenvalue weighted by Crippen LogP contribution is 2.36. The molecule has 2 atom stereocenters. The highest BCUT2D eigenvalue weighted by atomic mass is 35.5. The van der Waals surface area contributed by atoms with Crippen molar-refractivity contribution in [2.45, 2.75) is 31.8 Å². The molecule has 0 radical (unpaired) electrons. The van der Waals surface area contributed by atoms with E-state index in [2.05, 4.69) is 20.7 Å². The van der Waals surface area contributed by atoms with E-state index >= 15 is 0 Å². The Balaban J connectivity index is 0.00000259. The number of fused-ring (bicyclic) bond motifs is 1. The van der Waals surface area contributed by atoms with Gasteiger partial charge in [-0.05, 0) is 50.1 Å². The molecule has 0 unspecified atom stereocenters. The molecule has 4 heterocycles. The van der Waals surface area contributed by atoms with Gasteiger partial charge in [0.15, 0.2) is 11.5 Å². The Labute approximate surface area is 196 Å². The largest absolute Gasteiger partial charge is 0.348 e. The zero-order valence-electron chi connectivity index (χ0n) is 18.2. The topological polar surface area (TPSA) is 77.8 Å². The fourth-order valence-electron chi connectivity index (χ4n) is 4.54. The first-order chi connectivity index (χ1) is 15.5. The molecule has 5 rings (SSSR count). The fraction of sp³-hybridized carbons (Fsp3) is 0.409. The minimum atomic E-state index is -0.460. The molecule has 0 bridgehead atoms. The fourth-order valence-corrected chi connectivity index (χ4v) is 4.54. The van der Waals surface area contributed by atoms with Crippen LogP contribution in [0.25, 0.3) is 5.65 Å². The Bertz CT molecular complexity index is 1160. The summed E-state index contributed by atoms with van der Waals surface area (Å²) < 4.78 is 29.8. The van der Waals surface area contributed by atoms with Crippen LogP contribution in [-0.2, 0) is 0 Å². The second-order valence-electron chi connectivity index (χ2n) is 8.35. The van der Waals surface area contributed by atoms with Gasteiger partial charge in [0.1, 0.15) is 17.5 Å². The third kappa shape index (κ3) is 4.58. The number of piperazine rings is 1. The van der Waals surface area contributed by atoms with E-state index in [-0.39, 0.29) is 30.5 Å². The minimum absolute atomic E-state index is 0. The van der Waals surface area contributed by atoms with Crippen LogP contribution in [0.3, 0.4) is 0 Å². The summed E-state index contributed by atoms with van der Waals surface area (Å²) >= 11 is 0. The first-order valence-corrected chi connectivity index (χ1v) is 10.9. The minimum Gasteiger partial charge on any atom is -0.348 e. The van der Waals surface area contributed by atoms with E-state index in [0.29, 0.717) is 48.9 Å². The third-order valence-corrected chi connectivity index (χ3v) is 6.10. The summed E-state index contributed by atoms with van der Waals surface area (Å²) in [4.78, 5) is 20.8. The predicted molar refractivity (Wildman–Crippen MR) is 124 cm³/mol. The lowest BCUT2D eigenvalue weighted by molar-refractivity contribution is 0.192. The molecule has 2 aliphatic heterocycles. The molecular formula is C22H26ClF2N7O. The maximum atomic E-state index is 14.4. The number of halogens is 3. The monoisotopic (exact) mass is 477 g/mol. The van der Waals surface area contributed by atoms with Gasteiger partial charge in [0, 0.05) is 37.8 Å². The zero-order valence-corrected chi connectivity index (χ0v) is 19.0. The van der Waals surface area contributed by atoms with Crippen LogP contribution in [0.15, 0.2) is 36.5 Å². The molecule has 11 heteroatoms. The molecule has 8 nitrogen and oxygen atoms in total. The zero-order chi connectivity index (χ0) is 22.2. The summed E-state index contributed by atoms with van der Waals surface area (Å²) in [5, 5.41) is 10.9. The number of anilines is 2. The summed E-state index contributed by atoms with van der Waals surface area (Å²) in [7, 11) is 0. The van der Waals surface area contributed by atoms with Gasteiger partial charge in [-0.15, -0.1) is 17.5 Å². The molecule has 2 amide bonds. The Hall–Kier alpha value is -2.98. The Kier molecular flexibility index (Phi) is 6.66. The van der Waals surface area contributed by atoms with Crippen molar-refractivity contribution < 1.29 is 13.6 Å². The molecule has 176 valence electrons. The normalized spacial score (nSPS) is 20.7. The molecule has 1 aromatic carbocycles. The third-order valence-electron chi connectivity index (χ3n) is 6.10. The van der Waals surface area contributed by atoms with Crippen LogP contribution in [0.2, 0.25) is 0 Å². The molecule has 2 saturated heterocycles. The lowest BCUT2D eigenvalue weighted by atomic mass is 10.0. The summed E-state index contributed by atoms with van der Waals surface area (Å²) in [5.41, 5.74) is 0.918. The molecule has 0 aliphatic carbocycles. The molecule has 0 saturated carbocycles. The van der Waals surface area contributed by atoms with Gasteiger partial charge < -0.3 is 15.1 Å². The molecule has 3 aromatic rings. The molecule has 2 N–H and O–H groups in total. The molecule has 2 aromatic heterocycles. The van der Waals surface area contributed by atoms with Crippen LogP contribution in [0.5, 0.6) is 0 Å². The van der Waals surface area contributed by atoms with E-state index in [1.165, 1.54) is 6.07 Å². The van der Waals surface area contributed by atoms with Gasteiger partial charge in [0.25, 0.3) is 0 Å². The maximum Gasteiger partial charge on any atom is 0.323 e. The molecule has 33 heavy (non-hydrogen) atoms. The van der Waals surface area contributed by atoms with Gasteiger partial charge in [-0.3, -0.25) is 5.32 Å². The van der Waals surface area contributed by atoms with Crippen LogP contribution in [0.1, 0.15) is 31.4 Å². The lowest BCUT2D eigenvalue weighted by Gasteiger charge is -2.31. The number of nitrogens with one attached hydrogen (secondary N) is 2. The van der Waals surface area contributed by atoms with E-state index in [0.717, 1.165) is 25.1 Å². The summed E-state index contributed by atoms with van der Waals surface area (Å²) in [6, 6.07) is 6.91. The number of rotatable bonds is 3. The Morgan fingerprint density at radius 2 is 2.06 bits per heavy atom. The van der Waals surface area contributed by atoms with E-state index in [1.807, 2.05) is 24.0 Å². The number of hydrogen-bond donors (Lipinski definition) is 2. The SMILES string of the molecule is C[C@@H]1CN(C(=O)Nc2cnc3ccc(N4CCC[C@@H]4c4cc(F)ccc4F)nn23)CCN1.Cl. The van der Waals surface area contributed by atoms with Crippen molar-refractivity contribution >= 4 is 35.7 Å². The smallest absolute Gasteiger partial charge is 0.323 e. The Morgan fingerprint density at radius 1 is 1.21 bits per heavy atom. The molecule has 2 fully saturated rings. The van der Waals surface area contributed by atoms with Crippen LogP contribution in [0.4, 0.5) is 25.2 Å². The number of urea groups is 1. The number of amides is 2. The predicted octanol–water partition coefficient (Wildman–Crippen LogP) is 3.60. The first kappa shape index (κ1) is 23.2. The number of benzene rings is 1. The Morgan fingerprint density at radius 3 is 2.88 bits per heavy atom. The summed E-state index contributed by atoms with van der Waals surface area (Å²) in [6.45, 7) is 4.71. The van der Waals surface area contributed by atoms with Crippen molar-refractivity contribution in [1.29, 1.82) is 0 Å². The van der Waals surface area contributed by atoms with Crippen molar-refractivity contribution in [3.63, 3.8) is 0 Å². The number of carbonyl (C=O) groups is 1. The summed E-state index contributed by atoms with van der Waals surface area (Å²) in [6.07, 6.45) is 3.12. The van der Waals surface area contributed by atoms with Crippen molar-refractivity contribution in [1.82, 2.24) is 24.8 Å². The number of nitrogens with zero attached hydrogens (tertiary/aromatic N) is 5. The number of aromatic nitrogens is 3. The molecular weight excluding hydrogens is 452 g/mol. The van der Waals surface area contributed by atoms with Gasteiger partial charge in [-0.1, -0.05) is 0 Å². The van der Waals surface area contributed by atoms with Crippen LogP contribution < -0.4 is 15.5 Å². The highest BCUT2D eigenvalue weighted by Gasteiger charge is 2.30. The number of carbonyl (C=O) groups excluding carboxylic acids is 1. The van der Waals surface area contributed by atoms with Gasteiger partial charge in [0.2, 0.25) is 0 Å². The standard InChI is InChI=1S/C22H25F2N7O.ClH/c1-14-13-29(10-8-25-14)22(32)27-21-12-26-19-6-7-20(28-31(19)21)30-9-2-3-18(30)16-11-15(23)4-5-17(16)24;/h4-7,11-12,14,18,25H,2-3,8-10,13H2,1H3,(H,27,32);1H/t14-,18-;/m1./s1.